The van der Waals surface area contributed by atoms with Crippen LogP contribution in [0.25, 0.3) is 0 Å². The second-order valence-corrected chi connectivity index (χ2v) is 6.70. The zero-order valence-corrected chi connectivity index (χ0v) is 12.6. The fraction of sp³-hybridized carbons (Fsp3) is 0.938. The minimum absolute atomic E-state index is 0.173. The molecule has 0 spiro atoms. The molecular formula is C16H30N2O. The van der Waals surface area contributed by atoms with E-state index in [9.17, 15) is 4.79 Å². The summed E-state index contributed by atoms with van der Waals surface area (Å²) in [6.07, 6.45) is 8.27. The number of hydrogen-bond donors (Lipinski definition) is 1. The number of hydrogen-bond acceptors (Lipinski definition) is 2. The molecular weight excluding hydrogens is 236 g/mol. The van der Waals surface area contributed by atoms with Crippen LogP contribution in [0.15, 0.2) is 0 Å². The Kier molecular flexibility index (Phi) is 5.26. The molecule has 1 saturated carbocycles. The first-order valence-electron chi connectivity index (χ1n) is 8.16. The molecule has 0 aromatic carbocycles. The monoisotopic (exact) mass is 266 g/mol. The number of rotatable bonds is 4. The normalized spacial score (nSPS) is 33.4. The fourth-order valence-corrected chi connectivity index (χ4v) is 3.89. The van der Waals surface area contributed by atoms with Crippen LogP contribution in [0.2, 0.25) is 0 Å². The molecule has 110 valence electrons. The first-order valence-corrected chi connectivity index (χ1v) is 8.16. The van der Waals surface area contributed by atoms with Crippen molar-refractivity contribution in [2.45, 2.75) is 64.8 Å². The fourth-order valence-electron chi connectivity index (χ4n) is 3.89. The van der Waals surface area contributed by atoms with Gasteiger partial charge in [0.2, 0.25) is 5.91 Å². The van der Waals surface area contributed by atoms with Gasteiger partial charge in [-0.15, -0.1) is 0 Å². The van der Waals surface area contributed by atoms with Gasteiger partial charge in [-0.2, -0.15) is 0 Å². The van der Waals surface area contributed by atoms with Crippen molar-refractivity contribution in [2.24, 2.45) is 23.5 Å². The lowest BCUT2D eigenvalue weighted by atomic mass is 9.78. The Morgan fingerprint density at radius 1 is 1.37 bits per heavy atom. The molecule has 0 bridgehead atoms. The summed E-state index contributed by atoms with van der Waals surface area (Å²) in [6, 6.07) is 0.320. The van der Waals surface area contributed by atoms with Crippen molar-refractivity contribution in [3.8, 4) is 0 Å². The summed E-state index contributed by atoms with van der Waals surface area (Å²) in [6.45, 7) is 6.33. The summed E-state index contributed by atoms with van der Waals surface area (Å²) >= 11 is 0. The molecule has 4 unspecified atom stereocenters. The zero-order chi connectivity index (χ0) is 13.8. The average molecular weight is 266 g/mol. The van der Waals surface area contributed by atoms with E-state index in [-0.39, 0.29) is 5.92 Å². The molecule has 1 heterocycles. The standard InChI is InChI=1S/C16H30N2O/c1-3-5-13-8-9-18(11-13)16(19)12(2)14-6-4-7-15(17)10-14/h12-15H,3-11,17H2,1-2H3. The average Bonchev–Trinajstić information content (AvgIpc) is 2.86. The van der Waals surface area contributed by atoms with Gasteiger partial charge >= 0.3 is 0 Å². The SMILES string of the molecule is CCCC1CCN(C(=O)C(C)C2CCCC(N)C2)C1. The van der Waals surface area contributed by atoms with Crippen LogP contribution < -0.4 is 5.73 Å². The third kappa shape index (κ3) is 3.71. The second kappa shape index (κ2) is 6.74. The lowest BCUT2D eigenvalue weighted by molar-refractivity contribution is -0.136. The first-order chi connectivity index (χ1) is 9.11. The molecule has 19 heavy (non-hydrogen) atoms. The van der Waals surface area contributed by atoms with Crippen molar-refractivity contribution >= 4 is 5.91 Å². The van der Waals surface area contributed by atoms with E-state index in [0.717, 1.165) is 31.8 Å². The predicted octanol–water partition coefficient (Wildman–Crippen LogP) is 2.79. The number of nitrogens with zero attached hydrogens (tertiary/aromatic N) is 1. The van der Waals surface area contributed by atoms with Crippen LogP contribution >= 0.6 is 0 Å². The van der Waals surface area contributed by atoms with Crippen molar-refractivity contribution < 1.29 is 4.79 Å². The van der Waals surface area contributed by atoms with Gasteiger partial charge in [-0.1, -0.05) is 26.7 Å². The smallest absolute Gasteiger partial charge is 0.225 e. The largest absolute Gasteiger partial charge is 0.342 e. The molecule has 2 N–H and O–H groups in total. The molecule has 2 aliphatic rings. The number of likely N-dealkylation sites (tertiary alicyclic amines) is 1. The minimum Gasteiger partial charge on any atom is -0.342 e. The molecule has 1 saturated heterocycles. The number of nitrogens with two attached hydrogens (primary N) is 1. The van der Waals surface area contributed by atoms with Gasteiger partial charge in [0.05, 0.1) is 0 Å². The Morgan fingerprint density at radius 3 is 2.84 bits per heavy atom. The predicted molar refractivity (Wildman–Crippen MR) is 78.7 cm³/mol. The van der Waals surface area contributed by atoms with E-state index in [1.807, 2.05) is 0 Å². The van der Waals surface area contributed by atoms with Gasteiger partial charge in [0.1, 0.15) is 0 Å². The van der Waals surface area contributed by atoms with Crippen LogP contribution in [-0.4, -0.2) is 29.9 Å². The molecule has 1 aliphatic heterocycles. The van der Waals surface area contributed by atoms with Crippen LogP contribution in [-0.2, 0) is 4.79 Å². The van der Waals surface area contributed by atoms with Crippen LogP contribution in [0.3, 0.4) is 0 Å². The summed E-state index contributed by atoms with van der Waals surface area (Å²) in [5, 5.41) is 0. The maximum Gasteiger partial charge on any atom is 0.225 e. The van der Waals surface area contributed by atoms with Crippen LogP contribution in [0.5, 0.6) is 0 Å². The molecule has 0 radical (unpaired) electrons. The van der Waals surface area contributed by atoms with Gasteiger partial charge in [-0.25, -0.2) is 0 Å². The summed E-state index contributed by atoms with van der Waals surface area (Å²) in [7, 11) is 0. The summed E-state index contributed by atoms with van der Waals surface area (Å²) in [5.74, 6) is 1.82. The molecule has 0 aromatic rings. The van der Waals surface area contributed by atoms with Crippen LogP contribution in [0, 0.1) is 17.8 Å². The van der Waals surface area contributed by atoms with E-state index < -0.39 is 0 Å². The Balaban J connectivity index is 1.85. The van der Waals surface area contributed by atoms with Crippen molar-refractivity contribution in [1.82, 2.24) is 4.90 Å². The van der Waals surface area contributed by atoms with Gasteiger partial charge in [0.15, 0.2) is 0 Å². The molecule has 2 fully saturated rings. The number of amides is 1. The quantitative estimate of drug-likeness (QED) is 0.850. The maximum atomic E-state index is 12.6. The Bertz CT molecular complexity index is 305. The van der Waals surface area contributed by atoms with Crippen molar-refractivity contribution in [2.75, 3.05) is 13.1 Å². The highest BCUT2D eigenvalue weighted by atomic mass is 16.2. The van der Waals surface area contributed by atoms with E-state index in [4.69, 9.17) is 5.73 Å². The minimum atomic E-state index is 0.173. The van der Waals surface area contributed by atoms with Gasteiger partial charge in [-0.05, 0) is 43.9 Å². The number of carbonyl (C=O) groups excluding carboxylic acids is 1. The van der Waals surface area contributed by atoms with E-state index in [2.05, 4.69) is 18.7 Å². The number of carbonyl (C=O) groups is 1. The van der Waals surface area contributed by atoms with Gasteiger partial charge in [-0.3, -0.25) is 4.79 Å². The molecule has 3 heteroatoms. The van der Waals surface area contributed by atoms with E-state index in [1.54, 1.807) is 0 Å². The zero-order valence-electron chi connectivity index (χ0n) is 12.6. The van der Waals surface area contributed by atoms with Crippen molar-refractivity contribution in [3.05, 3.63) is 0 Å². The highest BCUT2D eigenvalue weighted by molar-refractivity contribution is 5.79. The van der Waals surface area contributed by atoms with Crippen LogP contribution in [0.1, 0.15) is 58.8 Å². The lowest BCUT2D eigenvalue weighted by Crippen LogP contribution is -2.39. The van der Waals surface area contributed by atoms with Crippen molar-refractivity contribution in [1.29, 1.82) is 0 Å². The molecule has 3 nitrogen and oxygen atoms in total. The van der Waals surface area contributed by atoms with Crippen molar-refractivity contribution in [3.63, 3.8) is 0 Å². The Morgan fingerprint density at radius 2 is 2.16 bits per heavy atom. The van der Waals surface area contributed by atoms with Crippen LogP contribution in [0.4, 0.5) is 0 Å². The molecule has 0 aromatic heterocycles. The third-order valence-corrected chi connectivity index (χ3v) is 5.15. The molecule has 2 rings (SSSR count). The Hall–Kier alpha value is -0.570. The highest BCUT2D eigenvalue weighted by Gasteiger charge is 2.33. The molecule has 1 aliphatic carbocycles. The second-order valence-electron chi connectivity index (χ2n) is 6.70. The third-order valence-electron chi connectivity index (χ3n) is 5.15. The van der Waals surface area contributed by atoms with Gasteiger partial charge in [0.25, 0.3) is 0 Å². The van der Waals surface area contributed by atoms with E-state index in [0.29, 0.717) is 17.9 Å². The highest BCUT2D eigenvalue weighted by Crippen LogP contribution is 2.32. The Labute approximate surface area is 117 Å². The molecule has 4 atom stereocenters. The summed E-state index contributed by atoms with van der Waals surface area (Å²) in [5.41, 5.74) is 6.05. The maximum absolute atomic E-state index is 12.6. The van der Waals surface area contributed by atoms with Gasteiger partial charge < -0.3 is 10.6 Å². The summed E-state index contributed by atoms with van der Waals surface area (Å²) < 4.78 is 0. The first kappa shape index (κ1) is 14.8. The lowest BCUT2D eigenvalue weighted by Gasteiger charge is -2.32. The topological polar surface area (TPSA) is 46.3 Å². The molecule has 1 amide bonds. The van der Waals surface area contributed by atoms with E-state index in [1.165, 1.54) is 32.1 Å². The summed E-state index contributed by atoms with van der Waals surface area (Å²) in [4.78, 5) is 14.7. The van der Waals surface area contributed by atoms with E-state index >= 15 is 0 Å². The van der Waals surface area contributed by atoms with Gasteiger partial charge in [0, 0.05) is 25.0 Å².